The molecule has 2 atom stereocenters. The SMILES string of the molecule is CCCC1(C)C(C)CCC1C. The van der Waals surface area contributed by atoms with E-state index in [4.69, 9.17) is 0 Å². The van der Waals surface area contributed by atoms with Gasteiger partial charge in [-0.05, 0) is 36.5 Å². The molecule has 0 saturated heterocycles. The van der Waals surface area contributed by atoms with E-state index in [9.17, 15) is 0 Å². The average molecular weight is 154 g/mol. The molecule has 0 amide bonds. The van der Waals surface area contributed by atoms with Gasteiger partial charge in [-0.3, -0.25) is 0 Å². The lowest BCUT2D eigenvalue weighted by Gasteiger charge is -2.33. The highest BCUT2D eigenvalue weighted by Gasteiger charge is 2.40. The van der Waals surface area contributed by atoms with Crippen molar-refractivity contribution < 1.29 is 0 Å². The second-order valence-corrected chi connectivity index (χ2v) is 4.64. The summed E-state index contributed by atoms with van der Waals surface area (Å²) in [6, 6.07) is 0. The molecule has 2 unspecified atom stereocenters. The highest BCUT2D eigenvalue weighted by molar-refractivity contribution is 4.90. The maximum absolute atomic E-state index is 2.48. The van der Waals surface area contributed by atoms with Crippen LogP contribution in [0.2, 0.25) is 0 Å². The average Bonchev–Trinajstić information content (AvgIpc) is 2.19. The normalized spacial score (nSPS) is 44.7. The minimum absolute atomic E-state index is 0.661. The lowest BCUT2D eigenvalue weighted by atomic mass is 9.72. The van der Waals surface area contributed by atoms with Crippen LogP contribution in [0.5, 0.6) is 0 Å². The van der Waals surface area contributed by atoms with Crippen molar-refractivity contribution in [1.29, 1.82) is 0 Å². The van der Waals surface area contributed by atoms with Crippen LogP contribution in [0, 0.1) is 17.3 Å². The van der Waals surface area contributed by atoms with Crippen molar-refractivity contribution in [2.75, 3.05) is 0 Å². The van der Waals surface area contributed by atoms with E-state index in [-0.39, 0.29) is 0 Å². The fourth-order valence-corrected chi connectivity index (χ4v) is 2.68. The van der Waals surface area contributed by atoms with E-state index in [0.717, 1.165) is 11.8 Å². The van der Waals surface area contributed by atoms with Crippen LogP contribution in [0.1, 0.15) is 53.4 Å². The largest absolute Gasteiger partial charge is 0.0654 e. The maximum Gasteiger partial charge on any atom is -0.0275 e. The standard InChI is InChI=1S/C11H22/c1-5-8-11(4)9(2)6-7-10(11)3/h9-10H,5-8H2,1-4H3. The van der Waals surface area contributed by atoms with E-state index in [0.29, 0.717) is 5.41 Å². The van der Waals surface area contributed by atoms with Gasteiger partial charge in [0.05, 0.1) is 0 Å². The zero-order valence-corrected chi connectivity index (χ0v) is 8.48. The summed E-state index contributed by atoms with van der Waals surface area (Å²) in [5, 5.41) is 0. The summed E-state index contributed by atoms with van der Waals surface area (Å²) in [6.45, 7) is 9.65. The fraction of sp³-hybridized carbons (Fsp3) is 1.00. The van der Waals surface area contributed by atoms with Crippen molar-refractivity contribution >= 4 is 0 Å². The van der Waals surface area contributed by atoms with Crippen molar-refractivity contribution in [3.63, 3.8) is 0 Å². The molecule has 0 heterocycles. The molecule has 0 radical (unpaired) electrons. The molecule has 0 aromatic carbocycles. The molecule has 0 bridgehead atoms. The summed E-state index contributed by atoms with van der Waals surface area (Å²) in [5.41, 5.74) is 0.661. The minimum Gasteiger partial charge on any atom is -0.0654 e. The Morgan fingerprint density at radius 2 is 1.64 bits per heavy atom. The van der Waals surface area contributed by atoms with Gasteiger partial charge in [-0.25, -0.2) is 0 Å². The van der Waals surface area contributed by atoms with Gasteiger partial charge in [-0.1, -0.05) is 34.1 Å². The third-order valence-corrected chi connectivity index (χ3v) is 4.07. The second-order valence-electron chi connectivity index (χ2n) is 4.64. The molecule has 1 saturated carbocycles. The van der Waals surface area contributed by atoms with Crippen LogP contribution in [0.4, 0.5) is 0 Å². The van der Waals surface area contributed by atoms with E-state index >= 15 is 0 Å². The van der Waals surface area contributed by atoms with Gasteiger partial charge in [-0.2, -0.15) is 0 Å². The lowest BCUT2D eigenvalue weighted by Crippen LogP contribution is -2.25. The number of hydrogen-bond acceptors (Lipinski definition) is 0. The molecule has 0 heteroatoms. The first-order valence-corrected chi connectivity index (χ1v) is 5.11. The monoisotopic (exact) mass is 154 g/mol. The van der Waals surface area contributed by atoms with Gasteiger partial charge >= 0.3 is 0 Å². The Balaban J connectivity index is 2.63. The minimum atomic E-state index is 0.661. The van der Waals surface area contributed by atoms with Gasteiger partial charge in [0, 0.05) is 0 Å². The first kappa shape index (κ1) is 9.09. The quantitative estimate of drug-likeness (QED) is 0.566. The smallest absolute Gasteiger partial charge is 0.0275 e. The molecule has 1 aliphatic rings. The molecular formula is C11H22. The lowest BCUT2D eigenvalue weighted by molar-refractivity contribution is 0.163. The van der Waals surface area contributed by atoms with Crippen LogP contribution in [-0.2, 0) is 0 Å². The van der Waals surface area contributed by atoms with E-state index in [1.807, 2.05) is 0 Å². The van der Waals surface area contributed by atoms with Gasteiger partial charge in [0.25, 0.3) is 0 Å². The number of rotatable bonds is 2. The van der Waals surface area contributed by atoms with E-state index in [2.05, 4.69) is 27.7 Å². The Hall–Kier alpha value is 0. The molecular weight excluding hydrogens is 132 g/mol. The summed E-state index contributed by atoms with van der Waals surface area (Å²) < 4.78 is 0. The van der Waals surface area contributed by atoms with Crippen LogP contribution < -0.4 is 0 Å². The third-order valence-electron chi connectivity index (χ3n) is 4.07. The fourth-order valence-electron chi connectivity index (χ4n) is 2.68. The van der Waals surface area contributed by atoms with E-state index in [1.165, 1.54) is 25.7 Å². The molecule has 1 fully saturated rings. The second kappa shape index (κ2) is 3.16. The zero-order valence-electron chi connectivity index (χ0n) is 8.48. The van der Waals surface area contributed by atoms with Crippen molar-refractivity contribution in [3.05, 3.63) is 0 Å². The molecule has 11 heavy (non-hydrogen) atoms. The van der Waals surface area contributed by atoms with Crippen molar-refractivity contribution in [2.45, 2.75) is 53.4 Å². The van der Waals surface area contributed by atoms with Crippen LogP contribution in [0.3, 0.4) is 0 Å². The molecule has 0 aromatic heterocycles. The Bertz CT molecular complexity index is 116. The molecule has 0 aliphatic heterocycles. The molecule has 0 N–H and O–H groups in total. The van der Waals surface area contributed by atoms with Gasteiger partial charge in [0.2, 0.25) is 0 Å². The Labute approximate surface area is 71.4 Å². The van der Waals surface area contributed by atoms with Crippen molar-refractivity contribution in [3.8, 4) is 0 Å². The van der Waals surface area contributed by atoms with Gasteiger partial charge in [0.15, 0.2) is 0 Å². The first-order valence-electron chi connectivity index (χ1n) is 5.11. The third kappa shape index (κ3) is 1.45. The highest BCUT2D eigenvalue weighted by Crippen LogP contribution is 2.50. The Morgan fingerprint density at radius 1 is 1.18 bits per heavy atom. The first-order chi connectivity index (χ1) is 5.11. The predicted octanol–water partition coefficient (Wildman–Crippen LogP) is 3.86. The number of hydrogen-bond donors (Lipinski definition) is 0. The highest BCUT2D eigenvalue weighted by atomic mass is 14.5. The molecule has 0 spiro atoms. The molecule has 0 nitrogen and oxygen atoms in total. The van der Waals surface area contributed by atoms with Crippen LogP contribution in [-0.4, -0.2) is 0 Å². The van der Waals surface area contributed by atoms with Crippen LogP contribution in [0.15, 0.2) is 0 Å². The zero-order chi connectivity index (χ0) is 8.48. The molecule has 1 rings (SSSR count). The summed E-state index contributed by atoms with van der Waals surface area (Å²) in [5.74, 6) is 1.91. The van der Waals surface area contributed by atoms with E-state index < -0.39 is 0 Å². The molecule has 66 valence electrons. The van der Waals surface area contributed by atoms with Crippen LogP contribution in [0.25, 0.3) is 0 Å². The summed E-state index contributed by atoms with van der Waals surface area (Å²) in [4.78, 5) is 0. The predicted molar refractivity (Wildman–Crippen MR) is 50.6 cm³/mol. The summed E-state index contributed by atoms with van der Waals surface area (Å²) in [7, 11) is 0. The Morgan fingerprint density at radius 3 is 2.00 bits per heavy atom. The molecule has 1 aliphatic carbocycles. The summed E-state index contributed by atoms with van der Waals surface area (Å²) in [6.07, 6.45) is 5.69. The Kier molecular flexibility index (Phi) is 2.61. The topological polar surface area (TPSA) is 0 Å². The van der Waals surface area contributed by atoms with Gasteiger partial charge < -0.3 is 0 Å². The van der Waals surface area contributed by atoms with Gasteiger partial charge in [0.1, 0.15) is 0 Å². The van der Waals surface area contributed by atoms with E-state index in [1.54, 1.807) is 0 Å². The van der Waals surface area contributed by atoms with Crippen molar-refractivity contribution in [1.82, 2.24) is 0 Å². The van der Waals surface area contributed by atoms with Crippen molar-refractivity contribution in [2.24, 2.45) is 17.3 Å². The van der Waals surface area contributed by atoms with Gasteiger partial charge in [-0.15, -0.1) is 0 Å². The maximum atomic E-state index is 2.48. The van der Waals surface area contributed by atoms with Crippen LogP contribution >= 0.6 is 0 Å². The summed E-state index contributed by atoms with van der Waals surface area (Å²) >= 11 is 0. The molecule has 0 aromatic rings.